The third-order valence-corrected chi connectivity index (χ3v) is 15.9. The largest absolute Gasteiger partial charge is 0.368 e. The van der Waals surface area contributed by atoms with Crippen molar-refractivity contribution in [1.29, 1.82) is 5.26 Å². The highest BCUT2D eigenvalue weighted by atomic mass is 28.3. The van der Waals surface area contributed by atoms with Gasteiger partial charge in [-0.25, -0.2) is 0 Å². The Morgan fingerprint density at radius 1 is 0.970 bits per heavy atom. The second-order valence-corrected chi connectivity index (χ2v) is 18.4. The van der Waals surface area contributed by atoms with Crippen LogP contribution in [0.1, 0.15) is 93.2 Å². The molecule has 0 spiro atoms. The van der Waals surface area contributed by atoms with Crippen molar-refractivity contribution in [1.82, 2.24) is 4.23 Å². The van der Waals surface area contributed by atoms with Gasteiger partial charge in [0.15, 0.2) is 8.24 Å². The summed E-state index contributed by atoms with van der Waals surface area (Å²) in [6, 6.07) is 12.6. The molecule has 1 saturated heterocycles. The Hall–Kier alpha value is -1.73. The van der Waals surface area contributed by atoms with Gasteiger partial charge in [-0.05, 0) is 71.5 Å². The molecule has 1 aromatic carbocycles. The fourth-order valence-corrected chi connectivity index (χ4v) is 14.8. The van der Waals surface area contributed by atoms with Gasteiger partial charge in [-0.3, -0.25) is 0 Å². The molecule has 1 aromatic heterocycles. The first-order valence-electron chi connectivity index (χ1n) is 13.4. The van der Waals surface area contributed by atoms with Gasteiger partial charge in [0.2, 0.25) is 0 Å². The first-order valence-corrected chi connectivity index (χ1v) is 15.5. The van der Waals surface area contributed by atoms with Crippen molar-refractivity contribution in [2.24, 2.45) is 11.3 Å². The molecule has 2 atom stereocenters. The summed E-state index contributed by atoms with van der Waals surface area (Å²) in [5.74, 6) is 0.820. The predicted octanol–water partition coefficient (Wildman–Crippen LogP) is 8.33. The summed E-state index contributed by atoms with van der Waals surface area (Å²) in [6.45, 7) is 20.3. The topological polar surface area (TPSA) is 32.0 Å². The minimum Gasteiger partial charge on any atom is -0.368 e. The lowest BCUT2D eigenvalue weighted by Crippen LogP contribution is -2.53. The summed E-state index contributed by atoms with van der Waals surface area (Å²) in [4.78, 5) is 2.73. The van der Waals surface area contributed by atoms with E-state index in [0.29, 0.717) is 28.1 Å². The summed E-state index contributed by atoms with van der Waals surface area (Å²) >= 11 is 0. The van der Waals surface area contributed by atoms with E-state index in [1.165, 1.54) is 48.7 Å². The van der Waals surface area contributed by atoms with Crippen molar-refractivity contribution in [3.05, 3.63) is 30.0 Å². The van der Waals surface area contributed by atoms with E-state index in [9.17, 15) is 5.26 Å². The zero-order valence-corrected chi connectivity index (χ0v) is 23.3. The lowest BCUT2D eigenvalue weighted by atomic mass is 9.69. The molecule has 4 rings (SSSR count). The Labute approximate surface area is 203 Å². The third-order valence-electron chi connectivity index (χ3n) is 9.08. The Bertz CT molecular complexity index is 1020. The van der Waals surface area contributed by atoms with Crippen molar-refractivity contribution in [3.8, 4) is 6.07 Å². The number of aromatic nitrogens is 1. The third kappa shape index (κ3) is 3.95. The van der Waals surface area contributed by atoms with Crippen LogP contribution < -0.4 is 4.90 Å². The van der Waals surface area contributed by atoms with E-state index in [0.717, 1.165) is 18.2 Å². The highest BCUT2D eigenvalue weighted by molar-refractivity contribution is 6.82. The molecule has 0 radical (unpaired) electrons. The average Bonchev–Trinajstić information content (AvgIpc) is 3.10. The normalized spacial score (nSPS) is 23.4. The molecule has 4 heteroatoms. The van der Waals surface area contributed by atoms with Crippen LogP contribution in [0.3, 0.4) is 0 Å². The molecule has 180 valence electrons. The molecule has 2 fully saturated rings. The molecule has 2 aromatic rings. The van der Waals surface area contributed by atoms with Crippen LogP contribution in [0.25, 0.3) is 10.9 Å². The number of hydrogen-bond acceptors (Lipinski definition) is 2. The number of benzene rings is 1. The Balaban J connectivity index is 1.86. The van der Waals surface area contributed by atoms with Crippen LogP contribution in [-0.4, -0.2) is 25.1 Å². The maximum Gasteiger partial charge on any atom is 0.171 e. The highest BCUT2D eigenvalue weighted by Crippen LogP contribution is 2.47. The lowest BCUT2D eigenvalue weighted by molar-refractivity contribution is 0.145. The molecule has 1 saturated carbocycles. The zero-order valence-electron chi connectivity index (χ0n) is 22.3. The van der Waals surface area contributed by atoms with Gasteiger partial charge in [0.25, 0.3) is 0 Å². The zero-order chi connectivity index (χ0) is 24.1. The summed E-state index contributed by atoms with van der Waals surface area (Å²) in [5.41, 5.74) is 5.53. The van der Waals surface area contributed by atoms with Crippen molar-refractivity contribution in [2.75, 3.05) is 11.4 Å². The van der Waals surface area contributed by atoms with E-state index in [-0.39, 0.29) is 0 Å². The Kier molecular flexibility index (Phi) is 6.51. The molecule has 1 aliphatic heterocycles. The van der Waals surface area contributed by atoms with Gasteiger partial charge in [-0.2, -0.15) is 5.26 Å². The van der Waals surface area contributed by atoms with Crippen LogP contribution >= 0.6 is 0 Å². The SMILES string of the molecule is CC(C)[Si](C(C)C)(C(C)C)n1c(C#N)cc2cc(N3CC(C)(C)C[C@H]4CCCC[C@@H]43)ccc21. The minimum absolute atomic E-state index is 0.353. The molecule has 0 bridgehead atoms. The van der Waals surface area contributed by atoms with Crippen LogP contribution in [0.5, 0.6) is 0 Å². The van der Waals surface area contributed by atoms with Crippen LogP contribution in [0.4, 0.5) is 5.69 Å². The van der Waals surface area contributed by atoms with E-state index >= 15 is 0 Å². The van der Waals surface area contributed by atoms with Crippen LogP contribution in [-0.2, 0) is 0 Å². The summed E-state index contributed by atoms with van der Waals surface area (Å²) < 4.78 is 2.54. The second kappa shape index (κ2) is 8.80. The molecule has 1 aliphatic carbocycles. The van der Waals surface area contributed by atoms with Gasteiger partial charge in [-0.1, -0.05) is 68.2 Å². The van der Waals surface area contributed by atoms with E-state index in [2.05, 4.69) is 94.9 Å². The fourth-order valence-electron chi connectivity index (χ4n) is 8.13. The molecular weight excluding hydrogens is 418 g/mol. The molecule has 3 nitrogen and oxygen atoms in total. The first-order chi connectivity index (χ1) is 15.5. The summed E-state index contributed by atoms with van der Waals surface area (Å²) in [5, 5.41) is 11.5. The van der Waals surface area contributed by atoms with Crippen molar-refractivity contribution >= 4 is 24.8 Å². The van der Waals surface area contributed by atoms with Crippen molar-refractivity contribution in [3.63, 3.8) is 0 Å². The van der Waals surface area contributed by atoms with Crippen molar-refractivity contribution in [2.45, 2.75) is 110 Å². The van der Waals surface area contributed by atoms with Gasteiger partial charge in [-0.15, -0.1) is 0 Å². The van der Waals surface area contributed by atoms with Crippen LogP contribution in [0.2, 0.25) is 16.6 Å². The van der Waals surface area contributed by atoms with Gasteiger partial charge in [0.1, 0.15) is 11.8 Å². The quantitative estimate of drug-likeness (QED) is 0.417. The standard InChI is InChI=1S/C29H45N3Si/c1-20(2)33(21(3)4,22(5)6)32-26(18-30)16-24-15-25(13-14-28(24)32)31-19-29(7,8)17-23-11-9-10-12-27(23)31/h13-16,20-23,27H,9-12,17,19H2,1-8H3/t23-,27+/m1/s1. The molecular formula is C29H45N3Si. The van der Waals surface area contributed by atoms with Crippen LogP contribution in [0.15, 0.2) is 24.3 Å². The molecule has 0 unspecified atom stereocenters. The van der Waals surface area contributed by atoms with Gasteiger partial charge < -0.3 is 9.13 Å². The monoisotopic (exact) mass is 463 g/mol. The molecule has 0 amide bonds. The van der Waals surface area contributed by atoms with Crippen molar-refractivity contribution < 1.29 is 0 Å². The van der Waals surface area contributed by atoms with Gasteiger partial charge in [0.05, 0.1) is 0 Å². The van der Waals surface area contributed by atoms with E-state index in [1.807, 2.05) is 0 Å². The molecule has 2 heterocycles. The number of piperidine rings is 1. The predicted molar refractivity (Wildman–Crippen MR) is 145 cm³/mol. The molecule has 0 N–H and O–H groups in total. The summed E-state index contributed by atoms with van der Waals surface area (Å²) in [7, 11) is -2.01. The average molecular weight is 464 g/mol. The van der Waals surface area contributed by atoms with Gasteiger partial charge >= 0.3 is 0 Å². The fraction of sp³-hybridized carbons (Fsp3) is 0.690. The van der Waals surface area contributed by atoms with Crippen LogP contribution in [0, 0.1) is 22.7 Å². The highest BCUT2D eigenvalue weighted by Gasteiger charge is 2.47. The second-order valence-electron chi connectivity index (χ2n) is 12.7. The number of nitriles is 1. The van der Waals surface area contributed by atoms with E-state index in [1.54, 1.807) is 0 Å². The van der Waals surface area contributed by atoms with E-state index < -0.39 is 8.24 Å². The molecule has 2 aliphatic rings. The maximum absolute atomic E-state index is 10.2. The van der Waals surface area contributed by atoms with E-state index in [4.69, 9.17) is 0 Å². The van der Waals surface area contributed by atoms with Gasteiger partial charge in [0, 0.05) is 29.2 Å². The lowest BCUT2D eigenvalue weighted by Gasteiger charge is -2.51. The maximum atomic E-state index is 10.2. The first kappa shape index (κ1) is 24.4. The number of anilines is 1. The Morgan fingerprint density at radius 3 is 2.21 bits per heavy atom. The Morgan fingerprint density at radius 2 is 1.61 bits per heavy atom. The number of fused-ring (bicyclic) bond motifs is 2. The minimum atomic E-state index is -2.01. The summed E-state index contributed by atoms with van der Waals surface area (Å²) in [6.07, 6.45) is 6.82. The number of hydrogen-bond donors (Lipinski definition) is 0. The smallest absolute Gasteiger partial charge is 0.171 e. The number of rotatable bonds is 5. The molecule has 33 heavy (non-hydrogen) atoms. The number of nitrogens with zero attached hydrogens (tertiary/aromatic N) is 3.